The van der Waals surface area contributed by atoms with E-state index < -0.39 is 0 Å². The van der Waals surface area contributed by atoms with Crippen LogP contribution in [0.4, 0.5) is 5.82 Å². The van der Waals surface area contributed by atoms with Gasteiger partial charge in [-0.25, -0.2) is 4.98 Å². The maximum atomic E-state index is 4.82. The van der Waals surface area contributed by atoms with Crippen LogP contribution in [0, 0.1) is 13.8 Å². The van der Waals surface area contributed by atoms with Gasteiger partial charge < -0.3 is 4.90 Å². The molecule has 0 amide bonds. The highest BCUT2D eigenvalue weighted by Gasteiger charge is 2.21. The van der Waals surface area contributed by atoms with Crippen LogP contribution in [0.2, 0.25) is 0 Å². The van der Waals surface area contributed by atoms with E-state index in [1.807, 2.05) is 23.6 Å². The van der Waals surface area contributed by atoms with E-state index in [4.69, 9.17) is 10.1 Å². The Hall–Kier alpha value is -3.21. The number of hydrogen-bond donors (Lipinski definition) is 0. The Kier molecular flexibility index (Phi) is 3.67. The quantitative estimate of drug-likeness (QED) is 0.546. The summed E-state index contributed by atoms with van der Waals surface area (Å²) < 4.78 is 1.89. The van der Waals surface area contributed by atoms with Gasteiger partial charge in [-0.3, -0.25) is 0 Å². The van der Waals surface area contributed by atoms with E-state index in [0.29, 0.717) is 5.78 Å². The Morgan fingerprint density at radius 3 is 2.52 bits per heavy atom. The maximum Gasteiger partial charge on any atom is 0.254 e. The van der Waals surface area contributed by atoms with Gasteiger partial charge in [0, 0.05) is 30.4 Å². The zero-order valence-electron chi connectivity index (χ0n) is 15.6. The van der Waals surface area contributed by atoms with Crippen LogP contribution in [0.25, 0.3) is 17.2 Å². The molecule has 1 aliphatic heterocycles. The minimum Gasteiger partial charge on any atom is -0.352 e. The third-order valence-corrected chi connectivity index (χ3v) is 5.26. The summed E-state index contributed by atoms with van der Waals surface area (Å²) in [7, 11) is 0. The van der Waals surface area contributed by atoms with E-state index in [1.54, 1.807) is 0 Å². The molecular formula is C22H21N5. The summed E-state index contributed by atoms with van der Waals surface area (Å²) in [6.45, 7) is 5.95. The van der Waals surface area contributed by atoms with Crippen LogP contribution >= 0.6 is 0 Å². The summed E-state index contributed by atoms with van der Waals surface area (Å²) in [4.78, 5) is 11.7. The summed E-state index contributed by atoms with van der Waals surface area (Å²) in [6.07, 6.45) is 1.04. The topological polar surface area (TPSA) is 46.3 Å². The van der Waals surface area contributed by atoms with Crippen molar-refractivity contribution in [3.63, 3.8) is 0 Å². The normalized spacial score (nSPS) is 13.8. The molecule has 0 unspecified atom stereocenters. The monoisotopic (exact) mass is 355 g/mol. The first-order valence-corrected chi connectivity index (χ1v) is 9.31. The van der Waals surface area contributed by atoms with Crippen molar-refractivity contribution in [1.82, 2.24) is 19.6 Å². The Morgan fingerprint density at radius 1 is 0.889 bits per heavy atom. The smallest absolute Gasteiger partial charge is 0.254 e. The SMILES string of the molecule is Cc1cc(N2CCc3ccccc3C2)n2nc(-c3ccccc3C)nc2n1. The lowest BCUT2D eigenvalue weighted by Crippen LogP contribution is -2.32. The molecule has 5 heteroatoms. The number of hydrogen-bond acceptors (Lipinski definition) is 4. The summed E-state index contributed by atoms with van der Waals surface area (Å²) in [6, 6.07) is 19.0. The number of fused-ring (bicyclic) bond motifs is 2. The van der Waals surface area contributed by atoms with E-state index >= 15 is 0 Å². The van der Waals surface area contributed by atoms with Crippen molar-refractivity contribution >= 4 is 11.6 Å². The molecule has 5 rings (SSSR count). The van der Waals surface area contributed by atoms with Gasteiger partial charge in [-0.15, -0.1) is 5.10 Å². The first kappa shape index (κ1) is 16.0. The fourth-order valence-electron chi connectivity index (χ4n) is 3.82. The molecule has 0 spiro atoms. The predicted octanol–water partition coefficient (Wildman–Crippen LogP) is 3.97. The van der Waals surface area contributed by atoms with Gasteiger partial charge in [0.1, 0.15) is 5.82 Å². The van der Waals surface area contributed by atoms with Gasteiger partial charge in [-0.05, 0) is 37.0 Å². The number of aryl methyl sites for hydroxylation is 2. The second-order valence-corrected chi connectivity index (χ2v) is 7.16. The zero-order chi connectivity index (χ0) is 18.4. The van der Waals surface area contributed by atoms with E-state index in [1.165, 1.54) is 16.7 Å². The molecule has 0 saturated carbocycles. The predicted molar refractivity (Wildman–Crippen MR) is 107 cm³/mol. The van der Waals surface area contributed by atoms with Crippen LogP contribution < -0.4 is 4.90 Å². The lowest BCUT2D eigenvalue weighted by atomic mass is 10.00. The summed E-state index contributed by atoms with van der Waals surface area (Å²) in [5.41, 5.74) is 6.00. The van der Waals surface area contributed by atoms with Crippen LogP contribution in [0.5, 0.6) is 0 Å². The highest BCUT2D eigenvalue weighted by Crippen LogP contribution is 2.27. The highest BCUT2D eigenvalue weighted by atomic mass is 15.4. The van der Waals surface area contributed by atoms with Gasteiger partial charge in [0.25, 0.3) is 5.78 Å². The van der Waals surface area contributed by atoms with Crippen LogP contribution in [0.3, 0.4) is 0 Å². The second kappa shape index (κ2) is 6.20. The van der Waals surface area contributed by atoms with Gasteiger partial charge in [-0.2, -0.15) is 9.50 Å². The van der Waals surface area contributed by atoms with Crippen LogP contribution in [0.15, 0.2) is 54.6 Å². The van der Waals surface area contributed by atoms with Crippen molar-refractivity contribution in [2.24, 2.45) is 0 Å². The standard InChI is InChI=1S/C22H21N5/c1-15-7-3-6-10-19(15)21-24-22-23-16(2)13-20(27(22)25-21)26-12-11-17-8-4-5-9-18(17)14-26/h3-10,13H,11-12,14H2,1-2H3. The van der Waals surface area contributed by atoms with Gasteiger partial charge in [0.2, 0.25) is 0 Å². The molecule has 0 radical (unpaired) electrons. The molecule has 2 aromatic carbocycles. The van der Waals surface area contributed by atoms with Gasteiger partial charge in [0.15, 0.2) is 5.82 Å². The zero-order valence-corrected chi connectivity index (χ0v) is 15.6. The summed E-state index contributed by atoms with van der Waals surface area (Å²) >= 11 is 0. The molecule has 0 bridgehead atoms. The maximum absolute atomic E-state index is 4.82. The molecule has 134 valence electrons. The van der Waals surface area contributed by atoms with Crippen LogP contribution in [-0.4, -0.2) is 26.1 Å². The van der Waals surface area contributed by atoms with Gasteiger partial charge >= 0.3 is 0 Å². The minimum absolute atomic E-state index is 0.655. The molecule has 0 aliphatic carbocycles. The lowest BCUT2D eigenvalue weighted by Gasteiger charge is -2.30. The van der Waals surface area contributed by atoms with E-state index in [-0.39, 0.29) is 0 Å². The molecule has 2 aromatic heterocycles. The molecular weight excluding hydrogens is 334 g/mol. The average molecular weight is 355 g/mol. The Bertz CT molecular complexity index is 1140. The average Bonchev–Trinajstić information content (AvgIpc) is 3.11. The molecule has 3 heterocycles. The molecule has 0 N–H and O–H groups in total. The first-order valence-electron chi connectivity index (χ1n) is 9.31. The highest BCUT2D eigenvalue weighted by molar-refractivity contribution is 5.62. The summed E-state index contributed by atoms with van der Waals surface area (Å²) in [5, 5.41) is 4.82. The fourth-order valence-corrected chi connectivity index (χ4v) is 3.82. The third-order valence-electron chi connectivity index (χ3n) is 5.26. The van der Waals surface area contributed by atoms with Crippen molar-refractivity contribution in [3.8, 4) is 11.4 Å². The van der Waals surface area contributed by atoms with E-state index in [9.17, 15) is 0 Å². The van der Waals surface area contributed by atoms with Crippen molar-refractivity contribution in [2.45, 2.75) is 26.8 Å². The number of benzene rings is 2. The molecule has 0 fully saturated rings. The van der Waals surface area contributed by atoms with E-state index in [2.05, 4.69) is 59.3 Å². The van der Waals surface area contributed by atoms with Gasteiger partial charge in [0.05, 0.1) is 0 Å². The van der Waals surface area contributed by atoms with Crippen molar-refractivity contribution in [2.75, 3.05) is 11.4 Å². The third kappa shape index (κ3) is 2.76. The Labute approximate surface area is 158 Å². The fraction of sp³-hybridized carbons (Fsp3) is 0.227. The summed E-state index contributed by atoms with van der Waals surface area (Å²) in [5.74, 6) is 2.44. The number of aromatic nitrogens is 4. The van der Waals surface area contributed by atoms with Crippen LogP contribution in [-0.2, 0) is 13.0 Å². The largest absolute Gasteiger partial charge is 0.352 e. The Morgan fingerprint density at radius 2 is 1.67 bits per heavy atom. The molecule has 27 heavy (non-hydrogen) atoms. The minimum atomic E-state index is 0.655. The van der Waals surface area contributed by atoms with Gasteiger partial charge in [-0.1, -0.05) is 48.5 Å². The number of rotatable bonds is 2. The number of nitrogens with zero attached hydrogens (tertiary/aromatic N) is 5. The molecule has 0 saturated heterocycles. The van der Waals surface area contributed by atoms with E-state index in [0.717, 1.165) is 42.4 Å². The first-order chi connectivity index (χ1) is 13.2. The Balaban J connectivity index is 1.62. The molecule has 5 nitrogen and oxygen atoms in total. The molecule has 4 aromatic rings. The molecule has 1 aliphatic rings. The van der Waals surface area contributed by atoms with Crippen molar-refractivity contribution in [3.05, 3.63) is 77.0 Å². The molecule has 0 atom stereocenters. The van der Waals surface area contributed by atoms with Crippen LogP contribution in [0.1, 0.15) is 22.4 Å². The second-order valence-electron chi connectivity index (χ2n) is 7.16. The van der Waals surface area contributed by atoms with Crippen molar-refractivity contribution in [1.29, 1.82) is 0 Å². The lowest BCUT2D eigenvalue weighted by molar-refractivity contribution is 0.702. The van der Waals surface area contributed by atoms with Crippen molar-refractivity contribution < 1.29 is 0 Å². The number of anilines is 1.